The van der Waals surface area contributed by atoms with Gasteiger partial charge in [0.15, 0.2) is 10.4 Å². The van der Waals surface area contributed by atoms with E-state index in [2.05, 4.69) is 26.7 Å². The Bertz CT molecular complexity index is 1270. The minimum atomic E-state index is -1.07. The standard InChI is InChI=1S/C24H21BrN4O5S/c1-2-33-17-10-6-7-15(13-17)26-21(30)14-18-23(32)28(16-8-4-3-5-9-16)24(35)29(18)27-22(31)19-11-12-20(25)34-19/h3-13,18H,2,14H2,1H3,(H,26,30)(H,27,31). The quantitative estimate of drug-likeness (QED) is 0.402. The normalized spacial score (nSPS) is 15.3. The van der Waals surface area contributed by atoms with Gasteiger partial charge in [-0.1, -0.05) is 24.3 Å². The van der Waals surface area contributed by atoms with Gasteiger partial charge in [0.25, 0.3) is 5.91 Å². The van der Waals surface area contributed by atoms with Gasteiger partial charge in [-0.2, -0.15) is 0 Å². The maximum atomic E-state index is 13.4. The molecule has 4 rings (SSSR count). The Balaban J connectivity index is 1.56. The molecular weight excluding hydrogens is 536 g/mol. The number of hydrogen-bond donors (Lipinski definition) is 2. The molecule has 1 unspecified atom stereocenters. The van der Waals surface area contributed by atoms with E-state index in [1.165, 1.54) is 16.0 Å². The second-order valence-electron chi connectivity index (χ2n) is 7.44. The van der Waals surface area contributed by atoms with E-state index in [4.69, 9.17) is 21.4 Å². The van der Waals surface area contributed by atoms with E-state index in [-0.39, 0.29) is 17.3 Å². The van der Waals surface area contributed by atoms with Gasteiger partial charge < -0.3 is 14.5 Å². The highest BCUT2D eigenvalue weighted by Gasteiger charge is 2.45. The first kappa shape index (κ1) is 24.4. The van der Waals surface area contributed by atoms with E-state index in [0.29, 0.717) is 28.4 Å². The summed E-state index contributed by atoms with van der Waals surface area (Å²) in [6, 6.07) is 17.7. The lowest BCUT2D eigenvalue weighted by Gasteiger charge is -2.23. The molecule has 3 aromatic rings. The van der Waals surface area contributed by atoms with E-state index in [1.807, 2.05) is 13.0 Å². The number of halogens is 1. The number of thiocarbonyl (C=S) groups is 1. The molecule has 0 aliphatic carbocycles. The molecule has 1 saturated heterocycles. The highest BCUT2D eigenvalue weighted by molar-refractivity contribution is 9.10. The Morgan fingerprint density at radius 2 is 1.89 bits per heavy atom. The van der Waals surface area contributed by atoms with E-state index in [9.17, 15) is 14.4 Å². The lowest BCUT2D eigenvalue weighted by Crippen LogP contribution is -2.49. The molecule has 0 radical (unpaired) electrons. The van der Waals surface area contributed by atoms with Crippen LogP contribution in [-0.4, -0.2) is 40.5 Å². The van der Waals surface area contributed by atoms with Crippen LogP contribution in [0.5, 0.6) is 5.75 Å². The summed E-state index contributed by atoms with van der Waals surface area (Å²) in [5, 5.41) is 4.03. The zero-order valence-electron chi connectivity index (χ0n) is 18.6. The number of nitrogens with one attached hydrogen (secondary N) is 2. The van der Waals surface area contributed by atoms with Gasteiger partial charge in [0, 0.05) is 11.8 Å². The first-order valence-corrected chi connectivity index (χ1v) is 11.9. The Morgan fingerprint density at radius 1 is 1.11 bits per heavy atom. The van der Waals surface area contributed by atoms with Crippen molar-refractivity contribution in [2.24, 2.45) is 0 Å². The van der Waals surface area contributed by atoms with Gasteiger partial charge in [-0.3, -0.25) is 24.7 Å². The lowest BCUT2D eigenvalue weighted by molar-refractivity contribution is -0.124. The van der Waals surface area contributed by atoms with Gasteiger partial charge in [-0.25, -0.2) is 5.01 Å². The number of hydrazine groups is 1. The Labute approximate surface area is 215 Å². The highest BCUT2D eigenvalue weighted by Crippen LogP contribution is 2.27. The predicted octanol–water partition coefficient (Wildman–Crippen LogP) is 4.12. The number of carbonyl (C=O) groups is 3. The van der Waals surface area contributed by atoms with Crippen molar-refractivity contribution in [3.8, 4) is 5.75 Å². The molecule has 2 aromatic carbocycles. The molecule has 0 saturated carbocycles. The van der Waals surface area contributed by atoms with E-state index >= 15 is 0 Å². The second-order valence-corrected chi connectivity index (χ2v) is 8.58. The van der Waals surface area contributed by atoms with Crippen LogP contribution in [0.25, 0.3) is 0 Å². The average molecular weight is 557 g/mol. The van der Waals surface area contributed by atoms with Crippen LogP contribution in [0.3, 0.4) is 0 Å². The SMILES string of the molecule is CCOc1cccc(NC(=O)CC2C(=O)N(c3ccccc3)C(=S)N2NC(=O)c2ccc(Br)o2)c1. The van der Waals surface area contributed by atoms with Crippen LogP contribution in [0.15, 0.2) is 75.8 Å². The number of hydrogen-bond acceptors (Lipinski definition) is 6. The Morgan fingerprint density at radius 3 is 2.57 bits per heavy atom. The van der Waals surface area contributed by atoms with Crippen LogP contribution in [0.4, 0.5) is 11.4 Å². The van der Waals surface area contributed by atoms with Crippen LogP contribution in [0.1, 0.15) is 23.9 Å². The van der Waals surface area contributed by atoms with Crippen LogP contribution in [0.2, 0.25) is 0 Å². The number of benzene rings is 2. The molecule has 3 amide bonds. The maximum absolute atomic E-state index is 13.4. The fourth-order valence-corrected chi connectivity index (χ4v) is 4.21. The van der Waals surface area contributed by atoms with Gasteiger partial charge in [0.2, 0.25) is 11.0 Å². The third-order valence-electron chi connectivity index (χ3n) is 5.06. The van der Waals surface area contributed by atoms with Crippen molar-refractivity contribution in [1.82, 2.24) is 10.4 Å². The Kier molecular flexibility index (Phi) is 7.47. The van der Waals surface area contributed by atoms with Crippen molar-refractivity contribution in [2.45, 2.75) is 19.4 Å². The maximum Gasteiger partial charge on any atom is 0.305 e. The van der Waals surface area contributed by atoms with E-state index in [1.54, 1.807) is 54.6 Å². The number of para-hydroxylation sites is 1. The van der Waals surface area contributed by atoms with Crippen LogP contribution in [0, 0.1) is 0 Å². The molecule has 1 atom stereocenters. The monoisotopic (exact) mass is 556 g/mol. The number of nitrogens with zero attached hydrogens (tertiary/aromatic N) is 2. The van der Waals surface area contributed by atoms with Gasteiger partial charge in [-0.05, 0) is 71.5 Å². The Hall–Kier alpha value is -3.70. The summed E-state index contributed by atoms with van der Waals surface area (Å²) >= 11 is 8.68. The molecule has 9 nitrogen and oxygen atoms in total. The van der Waals surface area contributed by atoms with Crippen molar-refractivity contribution < 1.29 is 23.5 Å². The van der Waals surface area contributed by atoms with Crippen molar-refractivity contribution in [1.29, 1.82) is 0 Å². The molecule has 180 valence electrons. The lowest BCUT2D eigenvalue weighted by atomic mass is 10.1. The summed E-state index contributed by atoms with van der Waals surface area (Å²) < 4.78 is 11.1. The van der Waals surface area contributed by atoms with Crippen molar-refractivity contribution >= 4 is 62.4 Å². The number of ether oxygens (including phenoxy) is 1. The molecular formula is C24H21BrN4O5S. The summed E-state index contributed by atoms with van der Waals surface area (Å²) in [6.45, 7) is 2.35. The summed E-state index contributed by atoms with van der Waals surface area (Å²) in [6.07, 6.45) is -0.261. The molecule has 2 N–H and O–H groups in total. The number of carbonyl (C=O) groups excluding carboxylic acids is 3. The van der Waals surface area contributed by atoms with Crippen LogP contribution in [-0.2, 0) is 9.59 Å². The minimum Gasteiger partial charge on any atom is -0.494 e. The summed E-state index contributed by atoms with van der Waals surface area (Å²) in [5.41, 5.74) is 3.65. The predicted molar refractivity (Wildman–Crippen MR) is 137 cm³/mol. The van der Waals surface area contributed by atoms with Gasteiger partial charge in [0.05, 0.1) is 18.7 Å². The number of rotatable bonds is 8. The molecule has 0 bridgehead atoms. The summed E-state index contributed by atoms with van der Waals surface area (Å²) in [7, 11) is 0. The molecule has 1 aromatic heterocycles. The second kappa shape index (κ2) is 10.7. The molecule has 1 fully saturated rings. The molecule has 0 spiro atoms. The van der Waals surface area contributed by atoms with Crippen LogP contribution < -0.4 is 20.4 Å². The van der Waals surface area contributed by atoms with Crippen molar-refractivity contribution in [3.63, 3.8) is 0 Å². The third-order valence-corrected chi connectivity index (χ3v) is 5.86. The molecule has 1 aliphatic heterocycles. The van der Waals surface area contributed by atoms with Gasteiger partial charge in [0.1, 0.15) is 11.8 Å². The summed E-state index contributed by atoms with van der Waals surface area (Å²) in [4.78, 5) is 40.4. The minimum absolute atomic E-state index is 0.0150. The zero-order chi connectivity index (χ0) is 24.9. The van der Waals surface area contributed by atoms with Crippen molar-refractivity contribution in [3.05, 3.63) is 77.2 Å². The van der Waals surface area contributed by atoms with E-state index in [0.717, 1.165) is 0 Å². The van der Waals surface area contributed by atoms with E-state index < -0.39 is 23.8 Å². The molecule has 11 heteroatoms. The van der Waals surface area contributed by atoms with Gasteiger partial charge in [-0.15, -0.1) is 0 Å². The van der Waals surface area contributed by atoms with Gasteiger partial charge >= 0.3 is 5.91 Å². The number of amides is 3. The average Bonchev–Trinajstić information content (AvgIpc) is 3.37. The highest BCUT2D eigenvalue weighted by atomic mass is 79.9. The largest absolute Gasteiger partial charge is 0.494 e. The first-order valence-electron chi connectivity index (χ1n) is 10.7. The van der Waals surface area contributed by atoms with Crippen molar-refractivity contribution in [2.75, 3.05) is 16.8 Å². The first-order chi connectivity index (χ1) is 16.9. The molecule has 2 heterocycles. The summed E-state index contributed by atoms with van der Waals surface area (Å²) in [5.74, 6) is -0.871. The zero-order valence-corrected chi connectivity index (χ0v) is 21.0. The fraction of sp³-hybridized carbons (Fsp3) is 0.167. The molecule has 1 aliphatic rings. The number of furan rings is 1. The fourth-order valence-electron chi connectivity index (χ4n) is 3.53. The number of anilines is 2. The third kappa shape index (κ3) is 5.52. The molecule has 35 heavy (non-hydrogen) atoms. The van der Waals surface area contributed by atoms with Crippen LogP contribution >= 0.6 is 28.1 Å². The smallest absolute Gasteiger partial charge is 0.305 e. The topological polar surface area (TPSA) is 104 Å².